The Labute approximate surface area is 108 Å². The van der Waals surface area contributed by atoms with E-state index in [1.165, 1.54) is 5.56 Å². The number of ether oxygens (including phenoxy) is 1. The zero-order valence-electron chi connectivity index (χ0n) is 11.5. The zero-order chi connectivity index (χ0) is 13.8. The summed E-state index contributed by atoms with van der Waals surface area (Å²) >= 11 is 0. The Hall–Kier alpha value is -1.71. The first-order valence-corrected chi connectivity index (χ1v) is 6.05. The summed E-state index contributed by atoms with van der Waals surface area (Å²) in [6, 6.07) is 6.12. The van der Waals surface area contributed by atoms with Gasteiger partial charge in [0.25, 0.3) is 0 Å². The smallest absolute Gasteiger partial charge is 0.144 e. The third kappa shape index (κ3) is 3.65. The second-order valence-electron chi connectivity index (χ2n) is 5.24. The van der Waals surface area contributed by atoms with Gasteiger partial charge < -0.3 is 15.7 Å². The van der Waals surface area contributed by atoms with E-state index in [1.54, 1.807) is 0 Å². The van der Waals surface area contributed by atoms with Crippen LogP contribution in [0.5, 0.6) is 5.75 Å². The third-order valence-electron chi connectivity index (χ3n) is 3.13. The molecule has 0 aliphatic rings. The maximum Gasteiger partial charge on any atom is 0.144 e. The Balaban J connectivity index is 2.59. The summed E-state index contributed by atoms with van der Waals surface area (Å²) < 4.78 is 5.76. The summed E-state index contributed by atoms with van der Waals surface area (Å²) in [5.74, 6) is 1.12. The van der Waals surface area contributed by atoms with Crippen molar-refractivity contribution in [3.05, 3.63) is 29.3 Å². The third-order valence-corrected chi connectivity index (χ3v) is 3.13. The molecule has 0 saturated carbocycles. The van der Waals surface area contributed by atoms with Gasteiger partial charge in [0.1, 0.15) is 11.6 Å². The molecule has 0 amide bonds. The number of aryl methyl sites for hydroxylation is 2. The van der Waals surface area contributed by atoms with E-state index in [4.69, 9.17) is 15.7 Å². The number of oxime groups is 1. The number of hydrogen-bond acceptors (Lipinski definition) is 3. The monoisotopic (exact) mass is 250 g/mol. The molecule has 0 atom stereocenters. The topological polar surface area (TPSA) is 67.8 Å². The minimum atomic E-state index is -0.369. The van der Waals surface area contributed by atoms with Gasteiger partial charge in [0.15, 0.2) is 0 Å². The normalized spacial score (nSPS) is 12.6. The fraction of sp³-hybridized carbons (Fsp3) is 0.500. The van der Waals surface area contributed by atoms with E-state index >= 15 is 0 Å². The van der Waals surface area contributed by atoms with Crippen molar-refractivity contribution in [2.24, 2.45) is 16.3 Å². The summed E-state index contributed by atoms with van der Waals surface area (Å²) in [5, 5.41) is 11.7. The number of nitrogens with two attached hydrogens (primary N) is 1. The SMILES string of the molecule is Cc1ccc(C)c(OCCC(C)(C)C(N)=NO)c1. The minimum Gasteiger partial charge on any atom is -0.493 e. The molecule has 100 valence electrons. The molecule has 3 N–H and O–H groups in total. The molecule has 4 heteroatoms. The van der Waals surface area contributed by atoms with Crippen LogP contribution in [0.3, 0.4) is 0 Å². The van der Waals surface area contributed by atoms with E-state index in [-0.39, 0.29) is 11.3 Å². The Morgan fingerprint density at radius 1 is 1.39 bits per heavy atom. The van der Waals surface area contributed by atoms with Gasteiger partial charge in [-0.25, -0.2) is 0 Å². The Morgan fingerprint density at radius 3 is 2.67 bits per heavy atom. The Morgan fingerprint density at radius 2 is 2.06 bits per heavy atom. The van der Waals surface area contributed by atoms with Crippen molar-refractivity contribution >= 4 is 5.84 Å². The highest BCUT2D eigenvalue weighted by atomic mass is 16.5. The minimum absolute atomic E-state index is 0.229. The van der Waals surface area contributed by atoms with Crippen LogP contribution in [0.2, 0.25) is 0 Å². The van der Waals surface area contributed by atoms with Crippen molar-refractivity contribution in [2.75, 3.05) is 6.61 Å². The van der Waals surface area contributed by atoms with Crippen LogP contribution in [0.1, 0.15) is 31.4 Å². The van der Waals surface area contributed by atoms with Gasteiger partial charge >= 0.3 is 0 Å². The molecule has 1 aromatic rings. The van der Waals surface area contributed by atoms with Gasteiger partial charge in [-0.1, -0.05) is 31.1 Å². The molecular formula is C14H22N2O2. The van der Waals surface area contributed by atoms with E-state index < -0.39 is 0 Å². The molecule has 0 saturated heterocycles. The van der Waals surface area contributed by atoms with Crippen molar-refractivity contribution in [1.29, 1.82) is 0 Å². The van der Waals surface area contributed by atoms with E-state index in [2.05, 4.69) is 11.2 Å². The van der Waals surface area contributed by atoms with E-state index in [9.17, 15) is 0 Å². The van der Waals surface area contributed by atoms with Gasteiger partial charge in [-0.3, -0.25) is 0 Å². The van der Waals surface area contributed by atoms with E-state index in [0.717, 1.165) is 11.3 Å². The lowest BCUT2D eigenvalue weighted by Gasteiger charge is -2.23. The van der Waals surface area contributed by atoms with Crippen LogP contribution < -0.4 is 10.5 Å². The van der Waals surface area contributed by atoms with Gasteiger partial charge in [-0.2, -0.15) is 0 Å². The predicted octanol–water partition coefficient (Wildman–Crippen LogP) is 2.84. The summed E-state index contributed by atoms with van der Waals surface area (Å²) in [7, 11) is 0. The average molecular weight is 250 g/mol. The molecule has 18 heavy (non-hydrogen) atoms. The first-order chi connectivity index (χ1) is 8.36. The molecule has 0 bridgehead atoms. The second-order valence-corrected chi connectivity index (χ2v) is 5.24. The average Bonchev–Trinajstić information content (AvgIpc) is 2.32. The number of amidine groups is 1. The molecule has 0 heterocycles. The van der Waals surface area contributed by atoms with Crippen LogP contribution in [-0.4, -0.2) is 17.6 Å². The number of benzene rings is 1. The quantitative estimate of drug-likeness (QED) is 0.365. The first kappa shape index (κ1) is 14.4. The van der Waals surface area contributed by atoms with Crippen LogP contribution in [0.25, 0.3) is 0 Å². The molecule has 0 radical (unpaired) electrons. The molecule has 0 aliphatic heterocycles. The van der Waals surface area contributed by atoms with Crippen LogP contribution >= 0.6 is 0 Å². The molecule has 0 fully saturated rings. The van der Waals surface area contributed by atoms with Crippen LogP contribution in [0.15, 0.2) is 23.4 Å². The zero-order valence-corrected chi connectivity index (χ0v) is 11.5. The maximum absolute atomic E-state index is 8.69. The Kier molecular flexibility index (Phi) is 4.59. The lowest BCUT2D eigenvalue weighted by atomic mass is 9.88. The summed E-state index contributed by atoms with van der Waals surface area (Å²) in [4.78, 5) is 0. The summed E-state index contributed by atoms with van der Waals surface area (Å²) in [6.45, 7) is 8.44. The predicted molar refractivity (Wildman–Crippen MR) is 73.2 cm³/mol. The van der Waals surface area contributed by atoms with Gasteiger partial charge in [-0.05, 0) is 37.5 Å². The fourth-order valence-electron chi connectivity index (χ4n) is 1.54. The second kappa shape index (κ2) is 5.76. The van der Waals surface area contributed by atoms with Crippen LogP contribution in [0, 0.1) is 19.3 Å². The van der Waals surface area contributed by atoms with Gasteiger partial charge in [-0.15, -0.1) is 0 Å². The molecule has 0 aromatic heterocycles. The van der Waals surface area contributed by atoms with Crippen molar-refractivity contribution in [3.63, 3.8) is 0 Å². The van der Waals surface area contributed by atoms with Gasteiger partial charge in [0, 0.05) is 5.41 Å². The molecular weight excluding hydrogens is 228 g/mol. The highest BCUT2D eigenvalue weighted by molar-refractivity contribution is 5.85. The molecule has 0 unspecified atom stereocenters. The highest BCUT2D eigenvalue weighted by Gasteiger charge is 2.23. The maximum atomic E-state index is 8.69. The van der Waals surface area contributed by atoms with Crippen LogP contribution in [-0.2, 0) is 0 Å². The first-order valence-electron chi connectivity index (χ1n) is 6.05. The molecule has 1 aromatic carbocycles. The molecule has 0 aliphatic carbocycles. The number of rotatable bonds is 5. The summed E-state index contributed by atoms with van der Waals surface area (Å²) in [5.41, 5.74) is 7.55. The van der Waals surface area contributed by atoms with Crippen LogP contribution in [0.4, 0.5) is 0 Å². The highest BCUT2D eigenvalue weighted by Crippen LogP contribution is 2.23. The summed E-state index contributed by atoms with van der Waals surface area (Å²) in [6.07, 6.45) is 0.691. The van der Waals surface area contributed by atoms with E-state index in [1.807, 2.05) is 39.8 Å². The largest absolute Gasteiger partial charge is 0.493 e. The fourth-order valence-corrected chi connectivity index (χ4v) is 1.54. The lowest BCUT2D eigenvalue weighted by molar-refractivity contribution is 0.258. The molecule has 0 spiro atoms. The standard InChI is InChI=1S/C14H22N2O2/c1-10-5-6-11(2)12(9-10)18-8-7-14(3,4)13(15)16-17/h5-6,9,17H,7-8H2,1-4H3,(H2,15,16). The van der Waals surface area contributed by atoms with Gasteiger partial charge in [0.2, 0.25) is 0 Å². The van der Waals surface area contributed by atoms with Crippen molar-refractivity contribution in [2.45, 2.75) is 34.1 Å². The van der Waals surface area contributed by atoms with Crippen molar-refractivity contribution in [3.8, 4) is 5.75 Å². The molecule has 1 rings (SSSR count). The van der Waals surface area contributed by atoms with Crippen molar-refractivity contribution < 1.29 is 9.94 Å². The Bertz CT molecular complexity index is 439. The van der Waals surface area contributed by atoms with Gasteiger partial charge in [0.05, 0.1) is 6.61 Å². The molecule has 4 nitrogen and oxygen atoms in total. The van der Waals surface area contributed by atoms with Crippen molar-refractivity contribution in [1.82, 2.24) is 0 Å². The lowest BCUT2D eigenvalue weighted by Crippen LogP contribution is -2.33. The van der Waals surface area contributed by atoms with E-state index in [0.29, 0.717) is 13.0 Å². The number of hydrogen-bond donors (Lipinski definition) is 2. The number of nitrogens with zero attached hydrogens (tertiary/aromatic N) is 1.